The van der Waals surface area contributed by atoms with E-state index in [1.54, 1.807) is 0 Å². The van der Waals surface area contributed by atoms with Crippen molar-refractivity contribution in [2.75, 3.05) is 6.61 Å². The van der Waals surface area contributed by atoms with Crippen LogP contribution in [-0.4, -0.2) is 55.8 Å². The summed E-state index contributed by atoms with van der Waals surface area (Å²) < 4.78 is 34.8. The maximum Gasteiger partial charge on any atom is 0.288 e. The molecule has 2 heterocycles. The zero-order chi connectivity index (χ0) is 19.0. The van der Waals surface area contributed by atoms with E-state index in [-0.39, 0.29) is 0 Å². The maximum absolute atomic E-state index is 11.2. The molecule has 1 aliphatic rings. The lowest BCUT2D eigenvalue weighted by Gasteiger charge is -2.35. The second kappa shape index (κ2) is 7.17. The fourth-order valence-electron chi connectivity index (χ4n) is 1.91. The monoisotopic (exact) mass is 401 g/mol. The normalized spacial score (nSPS) is 29.5. The highest BCUT2D eigenvalue weighted by Gasteiger charge is 2.45. The van der Waals surface area contributed by atoms with Crippen molar-refractivity contribution in [2.45, 2.75) is 24.5 Å². The van der Waals surface area contributed by atoms with Crippen LogP contribution in [0.2, 0.25) is 0 Å². The van der Waals surface area contributed by atoms with Gasteiger partial charge in [-0.3, -0.25) is 13.7 Å². The SMILES string of the molecule is NC(=O)c1ncn([C@@H]2O[C@H](COP(=O)([O-])OP(=O)([O-])[O-])[C@@H](O)[C@H]2O)n1. The number of hydrogen-bond acceptors (Lipinski definition) is 13. The summed E-state index contributed by atoms with van der Waals surface area (Å²) in [6.45, 7) is -0.979. The highest BCUT2D eigenvalue weighted by Crippen LogP contribution is 2.50. The van der Waals surface area contributed by atoms with Gasteiger partial charge in [0.25, 0.3) is 13.7 Å². The first-order chi connectivity index (χ1) is 11.4. The van der Waals surface area contributed by atoms with Crippen LogP contribution >= 0.6 is 15.6 Å². The molecule has 0 saturated carbocycles. The molecule has 17 heteroatoms. The molecule has 0 radical (unpaired) electrons. The summed E-state index contributed by atoms with van der Waals surface area (Å²) >= 11 is 0. The third kappa shape index (κ3) is 5.12. The number of carbonyl (C=O) groups is 1. The Kier molecular flexibility index (Phi) is 5.75. The van der Waals surface area contributed by atoms with Crippen molar-refractivity contribution in [1.29, 1.82) is 0 Å². The molecule has 0 aliphatic carbocycles. The van der Waals surface area contributed by atoms with Gasteiger partial charge in [0.1, 0.15) is 24.6 Å². The van der Waals surface area contributed by atoms with Gasteiger partial charge in [-0.25, -0.2) is 9.67 Å². The van der Waals surface area contributed by atoms with Gasteiger partial charge in [0.2, 0.25) is 5.82 Å². The number of nitrogens with zero attached hydrogens (tertiary/aromatic N) is 3. The third-order valence-corrected chi connectivity index (χ3v) is 4.99. The first kappa shape index (κ1) is 20.1. The number of carbonyl (C=O) groups excluding carboxylic acids is 1. The minimum absolute atomic E-state index is 0.399. The standard InChI is InChI=1S/C8H14N4O11P2/c9-6(15)7-10-2-12(11-7)8-5(14)4(13)3(22-8)1-21-25(19,20)23-24(16,17)18/h2-5,8,13-14H,1H2,(H2,9,15)(H,19,20)(H2,16,17,18)/p-3/t3-,4-,5-,8-/m1/s1. The fourth-order valence-corrected chi connectivity index (χ4v) is 3.40. The molecule has 15 nitrogen and oxygen atoms in total. The number of hydrogen-bond donors (Lipinski definition) is 3. The van der Waals surface area contributed by atoms with Crippen molar-refractivity contribution in [3.63, 3.8) is 0 Å². The Balaban J connectivity index is 2.03. The molecule has 1 aromatic heterocycles. The molecule has 142 valence electrons. The zero-order valence-corrected chi connectivity index (χ0v) is 13.8. The molecular weight excluding hydrogens is 390 g/mol. The molecule has 1 unspecified atom stereocenters. The highest BCUT2D eigenvalue weighted by atomic mass is 31.3. The molecule has 1 amide bonds. The minimum Gasteiger partial charge on any atom is -0.790 e. The Bertz CT molecular complexity index is 733. The lowest BCUT2D eigenvalue weighted by atomic mass is 10.1. The van der Waals surface area contributed by atoms with Crippen LogP contribution in [0.5, 0.6) is 0 Å². The van der Waals surface area contributed by atoms with E-state index in [0.29, 0.717) is 0 Å². The van der Waals surface area contributed by atoms with Gasteiger partial charge in [0.05, 0.1) is 14.4 Å². The van der Waals surface area contributed by atoms with E-state index in [1.807, 2.05) is 0 Å². The van der Waals surface area contributed by atoms with E-state index >= 15 is 0 Å². The number of ether oxygens (including phenoxy) is 1. The number of amides is 1. The Morgan fingerprint density at radius 2 is 2.00 bits per heavy atom. The number of phosphoric acid groups is 2. The van der Waals surface area contributed by atoms with E-state index in [4.69, 9.17) is 10.5 Å². The van der Waals surface area contributed by atoms with E-state index in [1.165, 1.54) is 0 Å². The van der Waals surface area contributed by atoms with Crippen LogP contribution in [0.1, 0.15) is 16.8 Å². The summed E-state index contributed by atoms with van der Waals surface area (Å²) in [5, 5.41) is 23.3. The van der Waals surface area contributed by atoms with E-state index < -0.39 is 58.5 Å². The van der Waals surface area contributed by atoms with Crippen LogP contribution in [0.25, 0.3) is 0 Å². The van der Waals surface area contributed by atoms with Gasteiger partial charge in [-0.1, -0.05) is 0 Å². The first-order valence-corrected chi connectivity index (χ1v) is 9.23. The second-order valence-electron chi connectivity index (χ2n) is 4.73. The number of aromatic nitrogens is 3. The molecule has 25 heavy (non-hydrogen) atoms. The number of phosphoric ester groups is 1. The first-order valence-electron chi connectivity index (χ1n) is 6.31. The largest absolute Gasteiger partial charge is 0.790 e. The van der Waals surface area contributed by atoms with Crippen LogP contribution in [0.3, 0.4) is 0 Å². The quantitative estimate of drug-likeness (QED) is 0.364. The lowest BCUT2D eigenvalue weighted by molar-refractivity contribution is -0.339. The van der Waals surface area contributed by atoms with Crippen LogP contribution in [0.4, 0.5) is 0 Å². The molecule has 1 saturated heterocycles. The van der Waals surface area contributed by atoms with E-state index in [2.05, 4.69) is 18.9 Å². The Morgan fingerprint density at radius 1 is 1.36 bits per heavy atom. The average Bonchev–Trinajstić information content (AvgIpc) is 3.02. The van der Waals surface area contributed by atoms with Gasteiger partial charge < -0.3 is 44.5 Å². The number of aliphatic hydroxyl groups is 2. The molecule has 4 N–H and O–H groups in total. The molecule has 0 aromatic carbocycles. The average molecular weight is 401 g/mol. The Labute approximate surface area is 138 Å². The number of primary amides is 1. The van der Waals surface area contributed by atoms with Crippen molar-refractivity contribution in [3.8, 4) is 0 Å². The molecule has 0 spiro atoms. The summed E-state index contributed by atoms with van der Waals surface area (Å²) in [5.74, 6) is -1.36. The van der Waals surface area contributed by atoms with Gasteiger partial charge in [0.15, 0.2) is 6.23 Å². The van der Waals surface area contributed by atoms with Gasteiger partial charge in [-0.2, -0.15) is 0 Å². The van der Waals surface area contributed by atoms with Crippen molar-refractivity contribution < 1.29 is 52.4 Å². The summed E-state index contributed by atoms with van der Waals surface area (Å²) in [7, 11) is -11.4. The molecule has 0 bridgehead atoms. The number of aliphatic hydroxyl groups excluding tert-OH is 2. The van der Waals surface area contributed by atoms with E-state index in [0.717, 1.165) is 11.0 Å². The Morgan fingerprint density at radius 3 is 2.52 bits per heavy atom. The van der Waals surface area contributed by atoms with Gasteiger partial charge in [0, 0.05) is 0 Å². The minimum atomic E-state index is -5.86. The number of nitrogens with two attached hydrogens (primary N) is 1. The molecule has 1 aliphatic heterocycles. The van der Waals surface area contributed by atoms with Crippen LogP contribution in [0.15, 0.2) is 6.33 Å². The second-order valence-corrected chi connectivity index (χ2v) is 7.43. The third-order valence-electron chi connectivity index (χ3n) is 2.92. The van der Waals surface area contributed by atoms with Crippen molar-refractivity contribution >= 4 is 21.6 Å². The van der Waals surface area contributed by atoms with Crippen molar-refractivity contribution in [3.05, 3.63) is 12.2 Å². The Hall–Kier alpha value is -1.25. The van der Waals surface area contributed by atoms with Crippen LogP contribution in [-0.2, 0) is 22.7 Å². The number of rotatable bonds is 7. The highest BCUT2D eigenvalue weighted by molar-refractivity contribution is 7.58. The van der Waals surface area contributed by atoms with Gasteiger partial charge in [-0.05, 0) is 0 Å². The molecular formula is C8H11N4O11P2-3. The van der Waals surface area contributed by atoms with Gasteiger partial charge in [-0.15, -0.1) is 5.10 Å². The zero-order valence-electron chi connectivity index (χ0n) is 12.0. The van der Waals surface area contributed by atoms with Crippen molar-refractivity contribution in [1.82, 2.24) is 14.8 Å². The molecule has 1 fully saturated rings. The van der Waals surface area contributed by atoms with Crippen LogP contribution in [0, 0.1) is 0 Å². The summed E-state index contributed by atoms with van der Waals surface area (Å²) in [6, 6.07) is 0. The topological polar surface area (TPSA) is 245 Å². The molecule has 2 rings (SSSR count). The maximum atomic E-state index is 11.2. The van der Waals surface area contributed by atoms with Crippen LogP contribution < -0.4 is 20.4 Å². The van der Waals surface area contributed by atoms with E-state index in [9.17, 15) is 38.8 Å². The summed E-state index contributed by atoms with van der Waals surface area (Å²) in [4.78, 5) is 46.2. The lowest BCUT2D eigenvalue weighted by Crippen LogP contribution is -2.34. The molecule has 5 atom stereocenters. The van der Waals surface area contributed by atoms with Gasteiger partial charge >= 0.3 is 0 Å². The molecule has 1 aromatic rings. The summed E-state index contributed by atoms with van der Waals surface area (Å²) in [5.41, 5.74) is 4.96. The van der Waals surface area contributed by atoms with Crippen molar-refractivity contribution in [2.24, 2.45) is 5.73 Å². The smallest absolute Gasteiger partial charge is 0.288 e. The predicted molar refractivity (Wildman–Crippen MR) is 66.7 cm³/mol. The fraction of sp³-hybridized carbons (Fsp3) is 0.625. The predicted octanol–water partition coefficient (Wildman–Crippen LogP) is -4.67. The summed E-state index contributed by atoms with van der Waals surface area (Å²) in [6.07, 6.45) is -5.19.